The lowest BCUT2D eigenvalue weighted by atomic mass is 10.1. The molecule has 2 aromatic rings. The second kappa shape index (κ2) is 10.4. The molecule has 1 aromatic heterocycles. The van der Waals surface area contributed by atoms with Crippen LogP contribution in [0.25, 0.3) is 0 Å². The number of pyridine rings is 1. The molecule has 2 fully saturated rings. The van der Waals surface area contributed by atoms with Crippen LogP contribution in [-0.2, 0) is 26.7 Å². The minimum atomic E-state index is -0.264. The molecule has 3 aliphatic rings. The van der Waals surface area contributed by atoms with E-state index >= 15 is 0 Å². The molecule has 8 heteroatoms. The Labute approximate surface area is 201 Å². The van der Waals surface area contributed by atoms with E-state index in [0.717, 1.165) is 75.2 Å². The summed E-state index contributed by atoms with van der Waals surface area (Å²) in [6, 6.07) is 7.77. The van der Waals surface area contributed by atoms with Gasteiger partial charge in [-0.2, -0.15) is 0 Å². The van der Waals surface area contributed by atoms with Crippen molar-refractivity contribution in [3.05, 3.63) is 51.4 Å². The maximum atomic E-state index is 12.6. The first-order chi connectivity index (χ1) is 16.6. The molecular weight excluding hydrogens is 432 g/mol. The Morgan fingerprint density at radius 1 is 0.794 bits per heavy atom. The summed E-state index contributed by atoms with van der Waals surface area (Å²) < 4.78 is 13.0. The summed E-state index contributed by atoms with van der Waals surface area (Å²) in [5.74, 6) is 1.54. The van der Waals surface area contributed by atoms with E-state index in [4.69, 9.17) is 9.47 Å². The van der Waals surface area contributed by atoms with Gasteiger partial charge in [-0.1, -0.05) is 18.9 Å². The molecule has 5 rings (SSSR count). The Balaban J connectivity index is 1.20. The molecule has 184 valence electrons. The SMILES string of the molecule is Cn1c(CN2CCCCCC2)cc(=O)c(O)c1CN1CCN(Cc2ccc3c(c2)OCO3)CC1. The maximum absolute atomic E-state index is 12.6. The average Bonchev–Trinajstić information content (AvgIpc) is 3.16. The van der Waals surface area contributed by atoms with Crippen molar-refractivity contribution in [2.75, 3.05) is 46.1 Å². The fourth-order valence-corrected chi connectivity index (χ4v) is 5.26. The number of piperazine rings is 1. The smallest absolute Gasteiger partial charge is 0.231 e. The van der Waals surface area contributed by atoms with Crippen molar-refractivity contribution in [1.29, 1.82) is 0 Å². The summed E-state index contributed by atoms with van der Waals surface area (Å²) in [4.78, 5) is 19.8. The molecule has 0 radical (unpaired) electrons. The standard InChI is InChI=1S/C26H36N4O4/c1-27-21(17-28-8-4-2-3-5-9-28)15-23(31)26(32)22(27)18-30-12-10-29(11-13-30)16-20-6-7-24-25(14-20)34-19-33-24/h6-7,14-15,32H,2-5,8-13,16-19H2,1H3. The van der Waals surface area contributed by atoms with E-state index in [1.165, 1.54) is 31.2 Å². The number of aromatic nitrogens is 1. The predicted molar refractivity (Wildman–Crippen MR) is 130 cm³/mol. The topological polar surface area (TPSA) is 70.4 Å². The summed E-state index contributed by atoms with van der Waals surface area (Å²) in [5.41, 5.74) is 2.67. The van der Waals surface area contributed by atoms with Crippen LogP contribution in [0.3, 0.4) is 0 Å². The summed E-state index contributed by atoms with van der Waals surface area (Å²) in [5, 5.41) is 10.6. The van der Waals surface area contributed by atoms with Gasteiger partial charge in [0.2, 0.25) is 12.2 Å². The number of ether oxygens (including phenoxy) is 2. The fraction of sp³-hybridized carbons (Fsp3) is 0.577. The van der Waals surface area contributed by atoms with Crippen molar-refractivity contribution in [2.45, 2.75) is 45.3 Å². The fourth-order valence-electron chi connectivity index (χ4n) is 5.26. The van der Waals surface area contributed by atoms with Gasteiger partial charge in [-0.05, 0) is 43.6 Å². The van der Waals surface area contributed by atoms with Crippen LogP contribution in [0.5, 0.6) is 17.2 Å². The molecule has 8 nitrogen and oxygen atoms in total. The van der Waals surface area contributed by atoms with E-state index in [0.29, 0.717) is 13.3 Å². The van der Waals surface area contributed by atoms with Gasteiger partial charge in [0.05, 0.1) is 5.69 Å². The van der Waals surface area contributed by atoms with Crippen molar-refractivity contribution in [3.8, 4) is 17.2 Å². The third-order valence-corrected chi connectivity index (χ3v) is 7.41. The Bertz CT molecular complexity index is 1050. The van der Waals surface area contributed by atoms with E-state index in [-0.39, 0.29) is 11.2 Å². The van der Waals surface area contributed by atoms with Gasteiger partial charge < -0.3 is 19.1 Å². The third-order valence-electron chi connectivity index (χ3n) is 7.41. The molecule has 0 spiro atoms. The van der Waals surface area contributed by atoms with Gasteiger partial charge in [-0.15, -0.1) is 0 Å². The van der Waals surface area contributed by atoms with Crippen LogP contribution < -0.4 is 14.9 Å². The predicted octanol–water partition coefficient (Wildman–Crippen LogP) is 2.51. The second-order valence-electron chi connectivity index (χ2n) is 9.78. The molecule has 0 saturated carbocycles. The van der Waals surface area contributed by atoms with Gasteiger partial charge in [0.25, 0.3) is 0 Å². The lowest BCUT2D eigenvalue weighted by Crippen LogP contribution is -2.45. The number of aromatic hydroxyl groups is 1. The minimum absolute atomic E-state index is 0.107. The molecule has 0 bridgehead atoms. The normalized spacial score (nSPS) is 19.9. The minimum Gasteiger partial charge on any atom is -0.503 e. The van der Waals surface area contributed by atoms with E-state index in [1.54, 1.807) is 6.07 Å². The highest BCUT2D eigenvalue weighted by molar-refractivity contribution is 5.44. The summed E-state index contributed by atoms with van der Waals surface area (Å²) in [6.45, 7) is 8.36. The first kappa shape index (κ1) is 23.2. The Hall–Kier alpha value is -2.55. The summed E-state index contributed by atoms with van der Waals surface area (Å²) in [6.07, 6.45) is 5.01. The third kappa shape index (κ3) is 5.24. The Kier molecular flexibility index (Phi) is 7.08. The van der Waals surface area contributed by atoms with E-state index in [9.17, 15) is 9.90 Å². The Morgan fingerprint density at radius 3 is 2.18 bits per heavy atom. The van der Waals surface area contributed by atoms with Gasteiger partial charge in [0.1, 0.15) is 0 Å². The first-order valence-corrected chi connectivity index (χ1v) is 12.5. The number of hydrogen-bond acceptors (Lipinski definition) is 7. The maximum Gasteiger partial charge on any atom is 0.231 e. The highest BCUT2D eigenvalue weighted by Crippen LogP contribution is 2.33. The quantitative estimate of drug-likeness (QED) is 0.699. The molecule has 0 aliphatic carbocycles. The highest BCUT2D eigenvalue weighted by Gasteiger charge is 2.22. The number of likely N-dealkylation sites (tertiary alicyclic amines) is 1. The number of rotatable bonds is 6. The molecule has 1 aromatic carbocycles. The van der Waals surface area contributed by atoms with Crippen LogP contribution in [-0.4, -0.2) is 70.4 Å². The van der Waals surface area contributed by atoms with Crippen LogP contribution in [0.15, 0.2) is 29.1 Å². The molecule has 34 heavy (non-hydrogen) atoms. The van der Waals surface area contributed by atoms with Gasteiger partial charge in [-0.25, -0.2) is 0 Å². The number of benzene rings is 1. The highest BCUT2D eigenvalue weighted by atomic mass is 16.7. The van der Waals surface area contributed by atoms with Gasteiger partial charge in [0, 0.05) is 64.6 Å². The molecule has 0 amide bonds. The molecule has 0 unspecified atom stereocenters. The van der Waals surface area contributed by atoms with Crippen molar-refractivity contribution >= 4 is 0 Å². The van der Waals surface area contributed by atoms with E-state index < -0.39 is 0 Å². The molecule has 3 aliphatic heterocycles. The zero-order valence-electron chi connectivity index (χ0n) is 20.2. The zero-order valence-corrected chi connectivity index (χ0v) is 20.2. The van der Waals surface area contributed by atoms with Crippen LogP contribution in [0.4, 0.5) is 0 Å². The van der Waals surface area contributed by atoms with Crippen LogP contribution in [0, 0.1) is 0 Å². The second-order valence-corrected chi connectivity index (χ2v) is 9.78. The molecule has 4 heterocycles. The van der Waals surface area contributed by atoms with Crippen LogP contribution in [0.2, 0.25) is 0 Å². The first-order valence-electron chi connectivity index (χ1n) is 12.5. The number of hydrogen-bond donors (Lipinski definition) is 1. The summed E-state index contributed by atoms with van der Waals surface area (Å²) in [7, 11) is 1.98. The van der Waals surface area contributed by atoms with Gasteiger partial charge in [-0.3, -0.25) is 19.5 Å². The molecular formula is C26H36N4O4. The van der Waals surface area contributed by atoms with Gasteiger partial charge >= 0.3 is 0 Å². The molecule has 2 saturated heterocycles. The van der Waals surface area contributed by atoms with Gasteiger partial charge in [0.15, 0.2) is 17.2 Å². The lowest BCUT2D eigenvalue weighted by Gasteiger charge is -2.35. The average molecular weight is 469 g/mol. The zero-order chi connectivity index (χ0) is 23.5. The monoisotopic (exact) mass is 468 g/mol. The number of nitrogens with zero attached hydrogens (tertiary/aromatic N) is 4. The van der Waals surface area contributed by atoms with E-state index in [2.05, 4.69) is 26.8 Å². The summed E-state index contributed by atoms with van der Waals surface area (Å²) >= 11 is 0. The van der Waals surface area contributed by atoms with Crippen molar-refractivity contribution in [2.24, 2.45) is 7.05 Å². The van der Waals surface area contributed by atoms with Crippen LogP contribution >= 0.6 is 0 Å². The van der Waals surface area contributed by atoms with Crippen molar-refractivity contribution in [3.63, 3.8) is 0 Å². The van der Waals surface area contributed by atoms with Crippen molar-refractivity contribution in [1.82, 2.24) is 19.3 Å². The Morgan fingerprint density at radius 2 is 1.44 bits per heavy atom. The molecule has 0 atom stereocenters. The molecule has 1 N–H and O–H groups in total. The number of fused-ring (bicyclic) bond motifs is 1. The van der Waals surface area contributed by atoms with Crippen molar-refractivity contribution < 1.29 is 14.6 Å². The van der Waals surface area contributed by atoms with Crippen LogP contribution in [0.1, 0.15) is 42.6 Å². The largest absolute Gasteiger partial charge is 0.503 e. The van der Waals surface area contributed by atoms with E-state index in [1.807, 2.05) is 17.7 Å². The lowest BCUT2D eigenvalue weighted by molar-refractivity contribution is 0.119.